The number of alkyl halides is 3. The van der Waals surface area contributed by atoms with Crippen molar-refractivity contribution in [2.45, 2.75) is 12.7 Å². The Kier molecular flexibility index (Phi) is 3.18. The highest BCUT2D eigenvalue weighted by atomic mass is 19.4. The summed E-state index contributed by atoms with van der Waals surface area (Å²) in [6.07, 6.45) is -1.39. The van der Waals surface area contributed by atoms with Gasteiger partial charge in [-0.05, 0) is 6.07 Å². The maximum atomic E-state index is 11.7. The van der Waals surface area contributed by atoms with E-state index in [-0.39, 0.29) is 6.54 Å². The fourth-order valence-electron chi connectivity index (χ4n) is 0.755. The van der Waals surface area contributed by atoms with Crippen LogP contribution in [0.25, 0.3) is 0 Å². The van der Waals surface area contributed by atoms with Crippen LogP contribution in [-0.2, 0) is 6.54 Å². The third-order valence-electron chi connectivity index (χ3n) is 1.27. The van der Waals surface area contributed by atoms with Crippen LogP contribution in [0.1, 0.15) is 5.69 Å². The molecule has 0 bridgehead atoms. The maximum absolute atomic E-state index is 11.7. The second kappa shape index (κ2) is 4.18. The van der Waals surface area contributed by atoms with E-state index in [0.717, 1.165) is 0 Å². The van der Waals surface area contributed by atoms with Crippen molar-refractivity contribution in [2.75, 3.05) is 6.54 Å². The van der Waals surface area contributed by atoms with Crippen molar-refractivity contribution in [1.82, 2.24) is 15.3 Å². The zero-order valence-corrected chi connectivity index (χ0v) is 6.67. The van der Waals surface area contributed by atoms with Gasteiger partial charge in [0, 0.05) is 12.7 Å². The predicted molar refractivity (Wildman–Crippen MR) is 39.8 cm³/mol. The highest BCUT2D eigenvalue weighted by Crippen LogP contribution is 2.12. The molecular weight excluding hydrogens is 183 g/mol. The molecule has 6 heteroatoms. The van der Waals surface area contributed by atoms with Gasteiger partial charge < -0.3 is 5.32 Å². The Labute approximate surface area is 73.0 Å². The van der Waals surface area contributed by atoms with Gasteiger partial charge >= 0.3 is 6.18 Å². The molecule has 1 N–H and O–H groups in total. The smallest absolute Gasteiger partial charge is 0.303 e. The Balaban J connectivity index is 2.29. The van der Waals surface area contributed by atoms with E-state index in [9.17, 15) is 13.2 Å². The van der Waals surface area contributed by atoms with Crippen LogP contribution in [0.4, 0.5) is 13.2 Å². The molecule has 0 aliphatic carbocycles. The van der Waals surface area contributed by atoms with Crippen molar-refractivity contribution in [3.63, 3.8) is 0 Å². The summed E-state index contributed by atoms with van der Waals surface area (Å²) in [5, 5.41) is 2.23. The largest absolute Gasteiger partial charge is 0.401 e. The molecule has 1 rings (SSSR count). The molecule has 0 saturated heterocycles. The fraction of sp³-hybridized carbons (Fsp3) is 0.429. The molecule has 1 aromatic heterocycles. The van der Waals surface area contributed by atoms with E-state index in [1.54, 1.807) is 6.07 Å². The van der Waals surface area contributed by atoms with Crippen molar-refractivity contribution in [3.05, 3.63) is 24.3 Å². The highest BCUT2D eigenvalue weighted by Gasteiger charge is 2.25. The molecule has 1 aromatic rings. The topological polar surface area (TPSA) is 37.8 Å². The summed E-state index contributed by atoms with van der Waals surface area (Å²) in [6.45, 7) is -0.904. The monoisotopic (exact) mass is 191 g/mol. The highest BCUT2D eigenvalue weighted by molar-refractivity contribution is 4.96. The van der Waals surface area contributed by atoms with Crippen molar-refractivity contribution in [3.8, 4) is 0 Å². The van der Waals surface area contributed by atoms with Crippen LogP contribution in [0.15, 0.2) is 18.6 Å². The normalized spacial score (nSPS) is 11.6. The van der Waals surface area contributed by atoms with Crippen LogP contribution >= 0.6 is 0 Å². The lowest BCUT2D eigenvalue weighted by Gasteiger charge is -2.06. The molecule has 0 amide bonds. The second-order valence-corrected chi connectivity index (χ2v) is 2.42. The number of aromatic nitrogens is 2. The molecule has 0 aliphatic heterocycles. The first-order valence-electron chi connectivity index (χ1n) is 3.60. The Bertz CT molecular complexity index is 247. The molecular formula is C7H8F3N3. The average Bonchev–Trinajstić information content (AvgIpc) is 2.04. The van der Waals surface area contributed by atoms with Gasteiger partial charge in [0.25, 0.3) is 0 Å². The van der Waals surface area contributed by atoms with Gasteiger partial charge in [-0.25, -0.2) is 9.97 Å². The molecule has 0 fully saturated rings. The van der Waals surface area contributed by atoms with Crippen molar-refractivity contribution in [1.29, 1.82) is 0 Å². The zero-order chi connectivity index (χ0) is 9.73. The summed E-state index contributed by atoms with van der Waals surface area (Å²) in [5.74, 6) is 0. The Morgan fingerprint density at radius 1 is 1.38 bits per heavy atom. The summed E-state index contributed by atoms with van der Waals surface area (Å²) >= 11 is 0. The number of nitrogens with zero attached hydrogens (tertiary/aromatic N) is 2. The summed E-state index contributed by atoms with van der Waals surface area (Å²) < 4.78 is 35.0. The lowest BCUT2D eigenvalue weighted by atomic mass is 10.4. The van der Waals surface area contributed by atoms with E-state index in [1.807, 2.05) is 0 Å². The third kappa shape index (κ3) is 4.41. The van der Waals surface area contributed by atoms with Gasteiger partial charge in [0.2, 0.25) is 0 Å². The Morgan fingerprint density at radius 2 is 2.15 bits per heavy atom. The molecule has 0 aromatic carbocycles. The van der Waals surface area contributed by atoms with Gasteiger partial charge in [0.15, 0.2) is 0 Å². The van der Waals surface area contributed by atoms with Crippen molar-refractivity contribution >= 4 is 0 Å². The first-order valence-corrected chi connectivity index (χ1v) is 3.60. The van der Waals surface area contributed by atoms with Crippen LogP contribution in [0.5, 0.6) is 0 Å². The van der Waals surface area contributed by atoms with Gasteiger partial charge in [0.05, 0.1) is 12.2 Å². The minimum absolute atomic E-state index is 0.0992. The minimum Gasteiger partial charge on any atom is -0.303 e. The summed E-state index contributed by atoms with van der Waals surface area (Å²) in [5.41, 5.74) is 0.541. The molecule has 0 aliphatic rings. The lowest BCUT2D eigenvalue weighted by Crippen LogP contribution is -2.28. The van der Waals surface area contributed by atoms with Gasteiger partial charge in [0.1, 0.15) is 6.33 Å². The minimum atomic E-state index is -4.17. The first-order chi connectivity index (χ1) is 6.08. The Hall–Kier alpha value is -1.17. The van der Waals surface area contributed by atoms with E-state index >= 15 is 0 Å². The van der Waals surface area contributed by atoms with Gasteiger partial charge in [-0.2, -0.15) is 13.2 Å². The van der Waals surface area contributed by atoms with E-state index in [0.29, 0.717) is 5.69 Å². The van der Waals surface area contributed by atoms with Gasteiger partial charge in [-0.1, -0.05) is 0 Å². The first kappa shape index (κ1) is 9.91. The molecule has 0 saturated carbocycles. The standard InChI is InChI=1S/C7H8F3N3/c8-7(9,10)4-12-3-6-1-2-11-5-13-6/h1-2,5,12H,3-4H2. The SMILES string of the molecule is FC(F)(F)CNCc1ccncn1. The van der Waals surface area contributed by atoms with E-state index in [4.69, 9.17) is 0 Å². The van der Waals surface area contributed by atoms with Crippen LogP contribution < -0.4 is 5.32 Å². The molecule has 0 unspecified atom stereocenters. The second-order valence-electron chi connectivity index (χ2n) is 2.42. The molecule has 1 heterocycles. The van der Waals surface area contributed by atoms with Gasteiger partial charge in [-0.15, -0.1) is 0 Å². The van der Waals surface area contributed by atoms with E-state index in [1.165, 1.54) is 12.5 Å². The van der Waals surface area contributed by atoms with Crippen molar-refractivity contribution < 1.29 is 13.2 Å². The maximum Gasteiger partial charge on any atom is 0.401 e. The molecule has 3 nitrogen and oxygen atoms in total. The predicted octanol–water partition coefficient (Wildman–Crippen LogP) is 1.13. The number of rotatable bonds is 3. The molecule has 0 radical (unpaired) electrons. The molecule has 72 valence electrons. The quantitative estimate of drug-likeness (QED) is 0.778. The molecule has 13 heavy (non-hydrogen) atoms. The molecule has 0 atom stereocenters. The fourth-order valence-corrected chi connectivity index (χ4v) is 0.755. The van der Waals surface area contributed by atoms with E-state index < -0.39 is 12.7 Å². The van der Waals surface area contributed by atoms with Crippen LogP contribution in [0.3, 0.4) is 0 Å². The number of hydrogen-bond donors (Lipinski definition) is 1. The summed E-state index contributed by atoms with van der Waals surface area (Å²) in [6, 6.07) is 1.56. The summed E-state index contributed by atoms with van der Waals surface area (Å²) in [7, 11) is 0. The van der Waals surface area contributed by atoms with Crippen LogP contribution in [0.2, 0.25) is 0 Å². The Morgan fingerprint density at radius 3 is 2.69 bits per heavy atom. The number of nitrogens with one attached hydrogen (secondary N) is 1. The number of halogens is 3. The molecule has 0 spiro atoms. The lowest BCUT2D eigenvalue weighted by molar-refractivity contribution is -0.125. The third-order valence-corrected chi connectivity index (χ3v) is 1.27. The average molecular weight is 191 g/mol. The van der Waals surface area contributed by atoms with Gasteiger partial charge in [-0.3, -0.25) is 0 Å². The van der Waals surface area contributed by atoms with Crippen LogP contribution in [-0.4, -0.2) is 22.7 Å². The zero-order valence-electron chi connectivity index (χ0n) is 6.67. The van der Waals surface area contributed by atoms with Crippen molar-refractivity contribution in [2.24, 2.45) is 0 Å². The van der Waals surface area contributed by atoms with Crippen LogP contribution in [0, 0.1) is 0 Å². The number of hydrogen-bond acceptors (Lipinski definition) is 3. The van der Waals surface area contributed by atoms with E-state index in [2.05, 4.69) is 15.3 Å². The summed E-state index contributed by atoms with van der Waals surface area (Å²) in [4.78, 5) is 7.40.